The minimum Gasteiger partial charge on any atom is -0.368 e. The molecule has 0 aliphatic carbocycles. The summed E-state index contributed by atoms with van der Waals surface area (Å²) in [5, 5.41) is 17.7. The van der Waals surface area contributed by atoms with E-state index < -0.39 is 6.03 Å². The third-order valence-corrected chi connectivity index (χ3v) is 6.95. The predicted molar refractivity (Wildman–Crippen MR) is 173 cm³/mol. The van der Waals surface area contributed by atoms with Crippen LogP contribution in [0.25, 0.3) is 0 Å². The number of carbonyl (C=O) groups excluding carboxylic acids is 3. The summed E-state index contributed by atoms with van der Waals surface area (Å²) in [6.45, 7) is 3.09. The summed E-state index contributed by atoms with van der Waals surface area (Å²) in [6, 6.07) is 27.7. The normalized spacial score (nSPS) is 13.5. The Balaban J connectivity index is 0.997. The molecule has 6 N–H and O–H groups in total. The molecule has 4 aromatic rings. The molecule has 44 heavy (non-hydrogen) atoms. The van der Waals surface area contributed by atoms with Crippen LogP contribution < -0.4 is 31.9 Å². The van der Waals surface area contributed by atoms with Crippen molar-refractivity contribution in [3.8, 4) is 0 Å². The Morgan fingerprint density at radius 1 is 0.523 bits per heavy atom. The Bertz CT molecular complexity index is 1640. The maximum absolute atomic E-state index is 12.8. The molecular weight excluding hydrogens is 556 g/mol. The molecule has 11 heteroatoms. The fraction of sp³-hybridized carbons (Fsp3) is 0.121. The van der Waals surface area contributed by atoms with Crippen LogP contribution in [0.1, 0.15) is 31.8 Å². The van der Waals surface area contributed by atoms with Gasteiger partial charge in [-0.3, -0.25) is 19.6 Å². The van der Waals surface area contributed by atoms with Gasteiger partial charge in [0.25, 0.3) is 11.8 Å². The van der Waals surface area contributed by atoms with Crippen LogP contribution in [0.3, 0.4) is 0 Å². The lowest BCUT2D eigenvalue weighted by atomic mass is 10.1. The zero-order valence-corrected chi connectivity index (χ0v) is 23.7. The Morgan fingerprint density at radius 3 is 1.34 bits per heavy atom. The van der Waals surface area contributed by atoms with E-state index in [-0.39, 0.29) is 11.8 Å². The van der Waals surface area contributed by atoms with Gasteiger partial charge in [-0.25, -0.2) is 4.79 Å². The van der Waals surface area contributed by atoms with Gasteiger partial charge >= 0.3 is 6.03 Å². The summed E-state index contributed by atoms with van der Waals surface area (Å²) in [5.74, 6) is 1.11. The SMILES string of the molecule is O=C(Nc1ccc(C(=O)Nc2cccc(C3=NCCN3)c2)cc1)Nc1ccc(C(=O)Nc2cccc(C3=NCCN3)c2)cc1. The van der Waals surface area contributed by atoms with Crippen LogP contribution >= 0.6 is 0 Å². The topological polar surface area (TPSA) is 148 Å². The average molecular weight is 587 g/mol. The largest absolute Gasteiger partial charge is 0.368 e. The van der Waals surface area contributed by atoms with E-state index >= 15 is 0 Å². The second kappa shape index (κ2) is 12.9. The lowest BCUT2D eigenvalue weighted by Crippen LogP contribution is -2.20. The molecular formula is C33H30N8O3. The van der Waals surface area contributed by atoms with Gasteiger partial charge in [-0.05, 0) is 72.8 Å². The lowest BCUT2D eigenvalue weighted by molar-refractivity contribution is 0.101. The van der Waals surface area contributed by atoms with Crippen LogP contribution in [0.4, 0.5) is 27.5 Å². The number of carbonyl (C=O) groups is 3. The number of amidine groups is 2. The third kappa shape index (κ3) is 6.90. The first-order valence-electron chi connectivity index (χ1n) is 14.2. The fourth-order valence-electron chi connectivity index (χ4n) is 4.78. The summed E-state index contributed by atoms with van der Waals surface area (Å²) in [7, 11) is 0. The van der Waals surface area contributed by atoms with Crippen molar-refractivity contribution in [2.75, 3.05) is 47.4 Å². The highest BCUT2D eigenvalue weighted by atomic mass is 16.2. The Kier molecular flexibility index (Phi) is 8.26. The van der Waals surface area contributed by atoms with E-state index in [4.69, 9.17) is 0 Å². The van der Waals surface area contributed by atoms with E-state index in [2.05, 4.69) is 41.9 Å². The van der Waals surface area contributed by atoms with Gasteiger partial charge < -0.3 is 31.9 Å². The van der Waals surface area contributed by atoms with Gasteiger partial charge in [0.2, 0.25) is 0 Å². The van der Waals surface area contributed by atoms with Gasteiger partial charge in [0, 0.05) is 58.1 Å². The summed E-state index contributed by atoms with van der Waals surface area (Å²) < 4.78 is 0. The minimum atomic E-state index is -0.458. The minimum absolute atomic E-state index is 0.267. The number of hydrogen-bond donors (Lipinski definition) is 6. The number of urea groups is 1. The average Bonchev–Trinajstić information content (AvgIpc) is 3.78. The van der Waals surface area contributed by atoms with Crippen LogP contribution in [0.2, 0.25) is 0 Å². The van der Waals surface area contributed by atoms with E-state index in [1.54, 1.807) is 48.5 Å². The van der Waals surface area contributed by atoms with Crippen molar-refractivity contribution in [1.82, 2.24) is 10.6 Å². The maximum Gasteiger partial charge on any atom is 0.323 e. The summed E-state index contributed by atoms with van der Waals surface area (Å²) in [4.78, 5) is 47.0. The van der Waals surface area contributed by atoms with Gasteiger partial charge in [0.05, 0.1) is 13.1 Å². The first kappa shape index (κ1) is 28.2. The number of rotatable bonds is 8. The molecule has 0 atom stereocenters. The maximum atomic E-state index is 12.8. The molecule has 2 aliphatic heterocycles. The first-order valence-corrected chi connectivity index (χ1v) is 14.2. The summed E-state index contributed by atoms with van der Waals surface area (Å²) >= 11 is 0. The Morgan fingerprint density at radius 2 is 0.955 bits per heavy atom. The van der Waals surface area contributed by atoms with E-state index in [1.165, 1.54) is 0 Å². The molecule has 4 aromatic carbocycles. The molecule has 4 amide bonds. The van der Waals surface area contributed by atoms with Crippen LogP contribution in [0.5, 0.6) is 0 Å². The molecule has 2 heterocycles. The highest BCUT2D eigenvalue weighted by molar-refractivity contribution is 6.08. The quantitative estimate of drug-likeness (QED) is 0.179. The van der Waals surface area contributed by atoms with Gasteiger partial charge in [-0.2, -0.15) is 0 Å². The molecule has 0 radical (unpaired) electrons. The van der Waals surface area contributed by atoms with Gasteiger partial charge in [0.1, 0.15) is 11.7 Å². The van der Waals surface area contributed by atoms with Crippen molar-refractivity contribution in [2.24, 2.45) is 9.98 Å². The zero-order valence-electron chi connectivity index (χ0n) is 23.7. The van der Waals surface area contributed by atoms with Crippen molar-refractivity contribution >= 4 is 52.3 Å². The van der Waals surface area contributed by atoms with Crippen molar-refractivity contribution in [1.29, 1.82) is 0 Å². The van der Waals surface area contributed by atoms with Crippen LogP contribution in [-0.2, 0) is 0 Å². The molecule has 11 nitrogen and oxygen atoms in total. The van der Waals surface area contributed by atoms with Crippen molar-refractivity contribution < 1.29 is 14.4 Å². The molecule has 0 fully saturated rings. The monoisotopic (exact) mass is 586 g/mol. The molecule has 0 aromatic heterocycles. The molecule has 0 bridgehead atoms. The second-order valence-electron chi connectivity index (χ2n) is 10.1. The molecule has 0 spiro atoms. The Hall–Kier alpha value is -5.97. The number of nitrogens with zero attached hydrogens (tertiary/aromatic N) is 2. The van der Waals surface area contributed by atoms with Gasteiger partial charge in [-0.15, -0.1) is 0 Å². The molecule has 220 valence electrons. The molecule has 0 unspecified atom stereocenters. The Labute approximate surface area is 253 Å². The highest BCUT2D eigenvalue weighted by Gasteiger charge is 2.13. The fourth-order valence-corrected chi connectivity index (χ4v) is 4.78. The highest BCUT2D eigenvalue weighted by Crippen LogP contribution is 2.18. The number of hydrogen-bond acceptors (Lipinski definition) is 7. The van der Waals surface area contributed by atoms with Crippen molar-refractivity contribution in [3.05, 3.63) is 119 Å². The number of nitrogens with one attached hydrogen (secondary N) is 6. The van der Waals surface area contributed by atoms with E-state index in [0.29, 0.717) is 33.9 Å². The van der Waals surface area contributed by atoms with Crippen molar-refractivity contribution in [2.45, 2.75) is 0 Å². The predicted octanol–water partition coefficient (Wildman–Crippen LogP) is 4.53. The molecule has 2 aliphatic rings. The van der Waals surface area contributed by atoms with E-state index in [0.717, 1.165) is 49.0 Å². The number of aliphatic imine (C=N–C) groups is 2. The first-order chi connectivity index (χ1) is 21.5. The van der Waals surface area contributed by atoms with Crippen LogP contribution in [-0.4, -0.2) is 55.7 Å². The number of amides is 4. The molecule has 0 saturated carbocycles. The molecule has 0 saturated heterocycles. The third-order valence-electron chi connectivity index (χ3n) is 6.95. The van der Waals surface area contributed by atoms with Crippen molar-refractivity contribution in [3.63, 3.8) is 0 Å². The van der Waals surface area contributed by atoms with E-state index in [1.807, 2.05) is 48.5 Å². The van der Waals surface area contributed by atoms with Gasteiger partial charge in [-0.1, -0.05) is 24.3 Å². The van der Waals surface area contributed by atoms with Gasteiger partial charge in [0.15, 0.2) is 0 Å². The standard InChI is InChI=1S/C33H30N8O3/c42-31(38-27-5-1-3-23(19-27)29-34-15-16-35-29)21-7-11-25(12-8-21)40-33(44)41-26-13-9-22(10-14-26)32(43)39-28-6-2-4-24(20-28)30-36-17-18-37-30/h1-14,19-20H,15-18H2,(H,34,35)(H,36,37)(H,38,42)(H,39,43)(H2,40,41,44). The zero-order chi connectivity index (χ0) is 30.3. The second-order valence-corrected chi connectivity index (χ2v) is 10.1. The lowest BCUT2D eigenvalue weighted by Gasteiger charge is -2.11. The summed E-state index contributed by atoms with van der Waals surface area (Å²) in [6.07, 6.45) is 0. The molecule has 6 rings (SSSR count). The van der Waals surface area contributed by atoms with Crippen LogP contribution in [0, 0.1) is 0 Å². The number of benzene rings is 4. The van der Waals surface area contributed by atoms with E-state index in [9.17, 15) is 14.4 Å². The summed E-state index contributed by atoms with van der Waals surface area (Å²) in [5.41, 5.74) is 5.08. The number of anilines is 4. The smallest absolute Gasteiger partial charge is 0.323 e. The van der Waals surface area contributed by atoms with Crippen LogP contribution in [0.15, 0.2) is 107 Å².